The minimum absolute atomic E-state index is 0.892. The Hall–Kier alpha value is -2.07. The number of fused-ring (bicyclic) bond motifs is 3. The van der Waals surface area contributed by atoms with E-state index in [1.54, 1.807) is 7.11 Å². The Balaban J connectivity index is 2.30. The maximum absolute atomic E-state index is 5.38. The van der Waals surface area contributed by atoms with Crippen molar-refractivity contribution in [2.75, 3.05) is 27.7 Å². The summed E-state index contributed by atoms with van der Waals surface area (Å²) < 4.78 is 7.74. The zero-order chi connectivity index (χ0) is 15.0. The smallest absolute Gasteiger partial charge is 0.119 e. The van der Waals surface area contributed by atoms with Gasteiger partial charge in [-0.25, -0.2) is 0 Å². The van der Waals surface area contributed by atoms with Crippen LogP contribution < -0.4 is 4.74 Å². The lowest BCUT2D eigenvalue weighted by Crippen LogP contribution is -2.18. The number of benzene rings is 1. The van der Waals surface area contributed by atoms with E-state index in [-0.39, 0.29) is 0 Å². The molecule has 3 rings (SSSR count). The number of pyridine rings is 1. The molecule has 4 nitrogen and oxygen atoms in total. The Bertz CT molecular complexity index is 789. The molecule has 0 aliphatic carbocycles. The summed E-state index contributed by atoms with van der Waals surface area (Å²) in [6, 6.07) is 8.37. The quantitative estimate of drug-likeness (QED) is 0.737. The van der Waals surface area contributed by atoms with Crippen molar-refractivity contribution in [3.8, 4) is 5.75 Å². The van der Waals surface area contributed by atoms with Crippen LogP contribution >= 0.6 is 0 Å². The molecule has 0 aliphatic rings. The maximum atomic E-state index is 5.38. The number of ether oxygens (including phenoxy) is 1. The first-order valence-corrected chi connectivity index (χ1v) is 7.18. The summed E-state index contributed by atoms with van der Waals surface area (Å²) in [5.74, 6) is 0.892. The van der Waals surface area contributed by atoms with E-state index >= 15 is 0 Å². The topological polar surface area (TPSA) is 30.3 Å². The van der Waals surface area contributed by atoms with E-state index in [2.05, 4.69) is 53.7 Å². The molecule has 0 saturated heterocycles. The number of aryl methyl sites for hydroxylation is 1. The maximum Gasteiger partial charge on any atom is 0.119 e. The molecule has 0 saturated carbocycles. The summed E-state index contributed by atoms with van der Waals surface area (Å²) in [5, 5.41) is 2.48. The third-order valence-corrected chi connectivity index (χ3v) is 3.93. The summed E-state index contributed by atoms with van der Waals surface area (Å²) in [7, 11) is 5.91. The summed E-state index contributed by atoms with van der Waals surface area (Å²) in [5.41, 5.74) is 3.53. The second-order valence-corrected chi connectivity index (χ2v) is 5.63. The van der Waals surface area contributed by atoms with Crippen molar-refractivity contribution < 1.29 is 4.74 Å². The highest BCUT2D eigenvalue weighted by atomic mass is 16.5. The SMILES string of the molecule is COc1ccc2c(c1)c1ccnc(C)c1n2CCN(C)C. The molecule has 1 aromatic carbocycles. The lowest BCUT2D eigenvalue weighted by molar-refractivity contribution is 0.389. The van der Waals surface area contributed by atoms with E-state index in [1.807, 2.05) is 12.3 Å². The molecule has 4 heteroatoms. The second kappa shape index (κ2) is 5.37. The van der Waals surface area contributed by atoms with Crippen LogP contribution in [0.5, 0.6) is 5.75 Å². The van der Waals surface area contributed by atoms with Crippen LogP contribution in [0.1, 0.15) is 5.69 Å². The molecule has 2 heterocycles. The largest absolute Gasteiger partial charge is 0.497 e. The molecule has 0 fully saturated rings. The summed E-state index contributed by atoms with van der Waals surface area (Å²) in [6.07, 6.45) is 1.88. The Morgan fingerprint density at radius 2 is 2.00 bits per heavy atom. The van der Waals surface area contributed by atoms with Crippen LogP contribution in [0.3, 0.4) is 0 Å². The van der Waals surface area contributed by atoms with Gasteiger partial charge in [0.15, 0.2) is 0 Å². The number of methoxy groups -OCH3 is 1. The first-order chi connectivity index (χ1) is 10.1. The van der Waals surface area contributed by atoms with Crippen molar-refractivity contribution in [2.24, 2.45) is 0 Å². The van der Waals surface area contributed by atoms with Gasteiger partial charge in [0.25, 0.3) is 0 Å². The van der Waals surface area contributed by atoms with Gasteiger partial charge in [-0.1, -0.05) is 0 Å². The Kier molecular flexibility index (Phi) is 3.55. The predicted molar refractivity (Wildman–Crippen MR) is 87.1 cm³/mol. The van der Waals surface area contributed by atoms with Crippen LogP contribution in [-0.4, -0.2) is 42.2 Å². The highest BCUT2D eigenvalue weighted by Crippen LogP contribution is 2.32. The van der Waals surface area contributed by atoms with Gasteiger partial charge in [0, 0.05) is 35.6 Å². The Morgan fingerprint density at radius 3 is 2.71 bits per heavy atom. The number of likely N-dealkylation sites (N-methyl/N-ethyl adjacent to an activating group) is 1. The Labute approximate surface area is 124 Å². The van der Waals surface area contributed by atoms with E-state index in [9.17, 15) is 0 Å². The summed E-state index contributed by atoms with van der Waals surface area (Å²) in [4.78, 5) is 6.67. The fraction of sp³-hybridized carbons (Fsp3) is 0.353. The van der Waals surface area contributed by atoms with E-state index in [0.717, 1.165) is 24.5 Å². The predicted octanol–water partition coefficient (Wildman–Crippen LogP) is 3.07. The van der Waals surface area contributed by atoms with Gasteiger partial charge < -0.3 is 14.2 Å². The molecule has 21 heavy (non-hydrogen) atoms. The van der Waals surface area contributed by atoms with Crippen LogP contribution in [0.25, 0.3) is 21.8 Å². The van der Waals surface area contributed by atoms with E-state index in [0.29, 0.717) is 0 Å². The van der Waals surface area contributed by atoms with Crippen LogP contribution in [0, 0.1) is 6.92 Å². The third-order valence-electron chi connectivity index (χ3n) is 3.93. The molecule has 3 aromatic rings. The fourth-order valence-corrected chi connectivity index (χ4v) is 2.86. The minimum atomic E-state index is 0.892. The number of hydrogen-bond donors (Lipinski definition) is 0. The average Bonchev–Trinajstić information content (AvgIpc) is 2.79. The molecule has 0 radical (unpaired) electrons. The number of rotatable bonds is 4. The monoisotopic (exact) mass is 283 g/mol. The van der Waals surface area contributed by atoms with Crippen LogP contribution in [0.4, 0.5) is 0 Å². The first-order valence-electron chi connectivity index (χ1n) is 7.18. The van der Waals surface area contributed by atoms with Gasteiger partial charge in [0.1, 0.15) is 5.75 Å². The number of hydrogen-bond acceptors (Lipinski definition) is 3. The van der Waals surface area contributed by atoms with Crippen LogP contribution in [-0.2, 0) is 6.54 Å². The van der Waals surface area contributed by atoms with Gasteiger partial charge in [0.2, 0.25) is 0 Å². The zero-order valence-electron chi connectivity index (χ0n) is 13.1. The van der Waals surface area contributed by atoms with Gasteiger partial charge in [-0.05, 0) is 45.3 Å². The summed E-state index contributed by atoms with van der Waals surface area (Å²) in [6.45, 7) is 4.02. The van der Waals surface area contributed by atoms with Gasteiger partial charge in [-0.2, -0.15) is 0 Å². The van der Waals surface area contributed by atoms with Crippen molar-refractivity contribution in [2.45, 2.75) is 13.5 Å². The molecule has 0 spiro atoms. The molecule has 0 aliphatic heterocycles. The van der Waals surface area contributed by atoms with Crippen molar-refractivity contribution in [3.63, 3.8) is 0 Å². The lowest BCUT2D eigenvalue weighted by Gasteiger charge is -2.13. The standard InChI is InChI=1S/C17H21N3O/c1-12-17-14(7-8-18-12)15-11-13(21-4)5-6-16(15)20(17)10-9-19(2)3/h5-8,11H,9-10H2,1-4H3. The molecule has 2 aromatic heterocycles. The van der Waals surface area contributed by atoms with Gasteiger partial charge in [-0.15, -0.1) is 0 Å². The highest BCUT2D eigenvalue weighted by molar-refractivity contribution is 6.09. The highest BCUT2D eigenvalue weighted by Gasteiger charge is 2.13. The van der Waals surface area contributed by atoms with E-state index in [4.69, 9.17) is 4.74 Å². The van der Waals surface area contributed by atoms with Gasteiger partial charge in [0.05, 0.1) is 18.3 Å². The molecule has 0 atom stereocenters. The van der Waals surface area contributed by atoms with Crippen molar-refractivity contribution in [1.29, 1.82) is 0 Å². The number of nitrogens with zero attached hydrogens (tertiary/aromatic N) is 3. The van der Waals surface area contributed by atoms with Crippen LogP contribution in [0.15, 0.2) is 30.5 Å². The molecule has 0 unspecified atom stereocenters. The minimum Gasteiger partial charge on any atom is -0.497 e. The Morgan fingerprint density at radius 1 is 1.19 bits per heavy atom. The van der Waals surface area contributed by atoms with Crippen molar-refractivity contribution in [3.05, 3.63) is 36.2 Å². The van der Waals surface area contributed by atoms with Crippen molar-refractivity contribution in [1.82, 2.24) is 14.5 Å². The van der Waals surface area contributed by atoms with E-state index < -0.39 is 0 Å². The molecule has 0 N–H and O–H groups in total. The first kappa shape index (κ1) is 13.9. The fourth-order valence-electron chi connectivity index (χ4n) is 2.86. The summed E-state index contributed by atoms with van der Waals surface area (Å²) >= 11 is 0. The average molecular weight is 283 g/mol. The van der Waals surface area contributed by atoms with E-state index in [1.165, 1.54) is 21.8 Å². The molecule has 0 bridgehead atoms. The normalized spacial score (nSPS) is 11.7. The molecular formula is C17H21N3O. The molecule has 110 valence electrons. The van der Waals surface area contributed by atoms with Gasteiger partial charge >= 0.3 is 0 Å². The number of aromatic nitrogens is 2. The molecule has 0 amide bonds. The zero-order valence-corrected chi connectivity index (χ0v) is 13.1. The lowest BCUT2D eigenvalue weighted by atomic mass is 10.1. The third kappa shape index (κ3) is 2.36. The second-order valence-electron chi connectivity index (χ2n) is 5.63. The van der Waals surface area contributed by atoms with Crippen molar-refractivity contribution >= 4 is 21.8 Å². The van der Waals surface area contributed by atoms with Gasteiger partial charge in [-0.3, -0.25) is 4.98 Å². The van der Waals surface area contributed by atoms with Crippen LogP contribution in [0.2, 0.25) is 0 Å². The molecular weight excluding hydrogens is 262 g/mol.